The van der Waals surface area contributed by atoms with E-state index in [2.05, 4.69) is 25.7 Å². The van der Waals surface area contributed by atoms with Crippen LogP contribution in [0.15, 0.2) is 72.8 Å². The van der Waals surface area contributed by atoms with Crippen LogP contribution in [0.1, 0.15) is 69.1 Å². The predicted octanol–water partition coefficient (Wildman–Crippen LogP) is 6.75. The SMILES string of the molecule is CCC(c1ccc(OC)cc1)C(O)(c1ccc(OCCN(CC)CC)cc1)c1cccc(OC2CCCCO2)c1. The molecule has 3 unspecified atom stereocenters. The fourth-order valence-corrected chi connectivity index (χ4v) is 5.58. The van der Waals surface area contributed by atoms with Crippen LogP contribution in [-0.2, 0) is 10.3 Å². The van der Waals surface area contributed by atoms with Gasteiger partial charge in [0.1, 0.15) is 29.5 Å². The Bertz CT molecular complexity index is 1160. The maximum atomic E-state index is 12.8. The van der Waals surface area contributed by atoms with Crippen LogP contribution in [-0.4, -0.2) is 56.3 Å². The minimum Gasteiger partial charge on any atom is -0.497 e. The summed E-state index contributed by atoms with van der Waals surface area (Å²) in [5.74, 6) is 2.07. The zero-order valence-electron chi connectivity index (χ0n) is 24.5. The minimum atomic E-state index is -1.31. The molecule has 0 spiro atoms. The van der Waals surface area contributed by atoms with Gasteiger partial charge in [0.25, 0.3) is 0 Å². The van der Waals surface area contributed by atoms with E-state index in [9.17, 15) is 5.11 Å². The molecule has 6 nitrogen and oxygen atoms in total. The number of methoxy groups -OCH3 is 1. The summed E-state index contributed by atoms with van der Waals surface area (Å²) in [7, 11) is 1.66. The normalized spacial score (nSPS) is 17.7. The molecule has 1 aliphatic rings. The van der Waals surface area contributed by atoms with Crippen molar-refractivity contribution < 1.29 is 24.1 Å². The van der Waals surface area contributed by atoms with Crippen molar-refractivity contribution in [2.24, 2.45) is 0 Å². The molecular formula is C34H45NO5. The summed E-state index contributed by atoms with van der Waals surface area (Å²) in [6.07, 6.45) is 3.49. The third kappa shape index (κ3) is 7.17. The van der Waals surface area contributed by atoms with Gasteiger partial charge in [0.15, 0.2) is 6.29 Å². The fourth-order valence-electron chi connectivity index (χ4n) is 5.58. The summed E-state index contributed by atoms with van der Waals surface area (Å²) in [5.41, 5.74) is 1.30. The van der Waals surface area contributed by atoms with Crippen LogP contribution in [0.2, 0.25) is 0 Å². The van der Waals surface area contributed by atoms with E-state index >= 15 is 0 Å². The Morgan fingerprint density at radius 3 is 2.25 bits per heavy atom. The first kappa shape index (κ1) is 29.9. The van der Waals surface area contributed by atoms with Gasteiger partial charge in [-0.1, -0.05) is 57.2 Å². The fraction of sp³-hybridized carbons (Fsp3) is 0.471. The second-order valence-electron chi connectivity index (χ2n) is 10.3. The Morgan fingerprint density at radius 1 is 0.900 bits per heavy atom. The van der Waals surface area contributed by atoms with Gasteiger partial charge < -0.3 is 29.0 Å². The lowest BCUT2D eigenvalue weighted by Gasteiger charge is -2.38. The smallest absolute Gasteiger partial charge is 0.199 e. The van der Waals surface area contributed by atoms with Crippen molar-refractivity contribution in [2.75, 3.05) is 40.0 Å². The van der Waals surface area contributed by atoms with E-state index in [1.165, 1.54) is 0 Å². The van der Waals surface area contributed by atoms with Gasteiger partial charge in [0.05, 0.1) is 13.7 Å². The molecule has 1 heterocycles. The highest BCUT2D eigenvalue weighted by Gasteiger charge is 2.40. The Labute approximate surface area is 239 Å². The molecule has 0 amide bonds. The third-order valence-corrected chi connectivity index (χ3v) is 7.98. The van der Waals surface area contributed by atoms with Crippen molar-refractivity contribution in [2.45, 2.75) is 64.3 Å². The number of hydrogen-bond donors (Lipinski definition) is 1. The number of hydrogen-bond acceptors (Lipinski definition) is 6. The second kappa shape index (κ2) is 14.5. The first-order valence-corrected chi connectivity index (χ1v) is 14.7. The highest BCUT2D eigenvalue weighted by molar-refractivity contribution is 5.46. The summed E-state index contributed by atoms with van der Waals surface area (Å²) in [4.78, 5) is 2.33. The average molecular weight is 548 g/mol. The van der Waals surface area contributed by atoms with Crippen LogP contribution in [0.3, 0.4) is 0 Å². The van der Waals surface area contributed by atoms with Crippen LogP contribution in [0, 0.1) is 0 Å². The van der Waals surface area contributed by atoms with E-state index < -0.39 is 5.60 Å². The van der Waals surface area contributed by atoms with Crippen molar-refractivity contribution >= 4 is 0 Å². The van der Waals surface area contributed by atoms with E-state index in [0.29, 0.717) is 19.0 Å². The van der Waals surface area contributed by atoms with Crippen molar-refractivity contribution in [3.63, 3.8) is 0 Å². The van der Waals surface area contributed by atoms with Crippen LogP contribution in [0.4, 0.5) is 0 Å². The highest BCUT2D eigenvalue weighted by Crippen LogP contribution is 2.46. The minimum absolute atomic E-state index is 0.214. The Morgan fingerprint density at radius 2 is 1.62 bits per heavy atom. The molecule has 1 N–H and O–H groups in total. The molecular weight excluding hydrogens is 502 g/mol. The molecule has 40 heavy (non-hydrogen) atoms. The van der Waals surface area contributed by atoms with E-state index in [1.807, 2.05) is 72.8 Å². The molecule has 0 aromatic heterocycles. The zero-order chi connectivity index (χ0) is 28.4. The third-order valence-electron chi connectivity index (χ3n) is 7.98. The zero-order valence-corrected chi connectivity index (χ0v) is 24.5. The Kier molecular flexibility index (Phi) is 10.9. The molecule has 0 saturated carbocycles. The second-order valence-corrected chi connectivity index (χ2v) is 10.3. The van der Waals surface area contributed by atoms with E-state index in [1.54, 1.807) is 7.11 Å². The number of nitrogens with zero attached hydrogens (tertiary/aromatic N) is 1. The number of likely N-dealkylation sites (N-methyl/N-ethyl adjacent to an activating group) is 1. The van der Waals surface area contributed by atoms with Gasteiger partial charge in [-0.05, 0) is 85.4 Å². The molecule has 4 rings (SSSR count). The van der Waals surface area contributed by atoms with E-state index in [4.69, 9.17) is 18.9 Å². The molecule has 1 fully saturated rings. The van der Waals surface area contributed by atoms with E-state index in [0.717, 1.165) is 73.5 Å². The first-order valence-electron chi connectivity index (χ1n) is 14.7. The molecule has 216 valence electrons. The quantitative estimate of drug-likeness (QED) is 0.241. The molecule has 3 atom stereocenters. The number of benzene rings is 3. The molecule has 0 bridgehead atoms. The maximum absolute atomic E-state index is 12.8. The summed E-state index contributed by atoms with van der Waals surface area (Å²) in [5, 5.41) is 12.8. The summed E-state index contributed by atoms with van der Waals surface area (Å²) in [6, 6.07) is 23.7. The van der Waals surface area contributed by atoms with Crippen LogP contribution in [0.5, 0.6) is 17.2 Å². The summed E-state index contributed by atoms with van der Waals surface area (Å²) < 4.78 is 23.5. The molecule has 0 radical (unpaired) electrons. The lowest BCUT2D eigenvalue weighted by atomic mass is 9.72. The van der Waals surface area contributed by atoms with Gasteiger partial charge in [0.2, 0.25) is 0 Å². The topological polar surface area (TPSA) is 60.4 Å². The standard InChI is InChI=1S/C34H45NO5/c1-5-32(26-14-18-29(37-4)19-15-26)34(36,27-16-20-30(21-17-27)38-24-22-35(6-2)7-3)28-11-10-12-31(25-28)40-33-13-8-9-23-39-33/h10-12,14-21,25,32-33,36H,5-9,13,22-24H2,1-4H3. The summed E-state index contributed by atoms with van der Waals surface area (Å²) >= 11 is 0. The Balaban J connectivity index is 1.67. The predicted molar refractivity (Wildman–Crippen MR) is 159 cm³/mol. The van der Waals surface area contributed by atoms with Crippen LogP contribution in [0.25, 0.3) is 0 Å². The van der Waals surface area contributed by atoms with Gasteiger partial charge >= 0.3 is 0 Å². The van der Waals surface area contributed by atoms with Crippen molar-refractivity contribution in [3.05, 3.63) is 89.5 Å². The van der Waals surface area contributed by atoms with Crippen molar-refractivity contribution in [1.29, 1.82) is 0 Å². The van der Waals surface area contributed by atoms with Crippen molar-refractivity contribution in [1.82, 2.24) is 4.90 Å². The van der Waals surface area contributed by atoms with Gasteiger partial charge in [-0.2, -0.15) is 0 Å². The van der Waals surface area contributed by atoms with Gasteiger partial charge in [-0.15, -0.1) is 0 Å². The van der Waals surface area contributed by atoms with Gasteiger partial charge in [-0.25, -0.2) is 0 Å². The van der Waals surface area contributed by atoms with Crippen LogP contribution >= 0.6 is 0 Å². The molecule has 0 aliphatic carbocycles. The number of aliphatic hydroxyl groups is 1. The molecule has 1 saturated heterocycles. The van der Waals surface area contributed by atoms with E-state index in [-0.39, 0.29) is 12.2 Å². The lowest BCUT2D eigenvalue weighted by molar-refractivity contribution is -0.106. The van der Waals surface area contributed by atoms with Crippen molar-refractivity contribution in [3.8, 4) is 17.2 Å². The molecule has 1 aliphatic heterocycles. The summed E-state index contributed by atoms with van der Waals surface area (Å²) in [6.45, 7) is 10.7. The number of ether oxygens (including phenoxy) is 4. The monoisotopic (exact) mass is 547 g/mol. The largest absolute Gasteiger partial charge is 0.497 e. The van der Waals surface area contributed by atoms with Gasteiger partial charge in [0, 0.05) is 18.9 Å². The molecule has 3 aromatic carbocycles. The molecule has 6 heteroatoms. The Hall–Kier alpha value is -3.06. The van der Waals surface area contributed by atoms with Gasteiger partial charge in [-0.3, -0.25) is 0 Å². The average Bonchev–Trinajstić information content (AvgIpc) is 3.01. The van der Waals surface area contributed by atoms with Crippen LogP contribution < -0.4 is 14.2 Å². The highest BCUT2D eigenvalue weighted by atomic mass is 16.7. The lowest BCUT2D eigenvalue weighted by Crippen LogP contribution is -2.35. The molecule has 3 aromatic rings. The first-order chi connectivity index (χ1) is 19.5. The number of rotatable bonds is 14. The maximum Gasteiger partial charge on any atom is 0.199 e.